The summed E-state index contributed by atoms with van der Waals surface area (Å²) in [4.78, 5) is 41.0. The second kappa shape index (κ2) is 8.17. The lowest BCUT2D eigenvalue weighted by atomic mass is 10.0. The number of benzene rings is 1. The fourth-order valence-corrected chi connectivity index (χ4v) is 3.54. The van der Waals surface area contributed by atoms with Gasteiger partial charge in [-0.25, -0.2) is 0 Å². The van der Waals surface area contributed by atoms with Crippen LogP contribution in [0.3, 0.4) is 0 Å². The summed E-state index contributed by atoms with van der Waals surface area (Å²) in [6.45, 7) is 0. The maximum Gasteiger partial charge on any atom is 0.287 e. The Morgan fingerprint density at radius 1 is 1.10 bits per heavy atom. The average molecular weight is 421 g/mol. The number of hydrogen-bond donors (Lipinski definition) is 3. The van der Waals surface area contributed by atoms with Crippen molar-refractivity contribution < 1.29 is 14.4 Å². The molecule has 0 bridgehead atoms. The van der Waals surface area contributed by atoms with E-state index in [1.807, 2.05) is 24.3 Å². The van der Waals surface area contributed by atoms with Gasteiger partial charge < -0.3 is 11.1 Å². The Balaban J connectivity index is 1.62. The van der Waals surface area contributed by atoms with Crippen LogP contribution < -0.4 is 11.1 Å². The van der Waals surface area contributed by atoms with E-state index in [1.54, 1.807) is 24.4 Å². The lowest BCUT2D eigenvalue weighted by Gasteiger charge is -2.15. The summed E-state index contributed by atoms with van der Waals surface area (Å²) in [6, 6.07) is 11.3. The summed E-state index contributed by atoms with van der Waals surface area (Å²) in [5.74, 6) is -2.75. The van der Waals surface area contributed by atoms with Gasteiger partial charge in [0.2, 0.25) is 5.78 Å². The van der Waals surface area contributed by atoms with Gasteiger partial charge in [-0.3, -0.25) is 24.5 Å². The number of nitrogens with zero attached hydrogens (tertiary/aromatic N) is 4. The first kappa shape index (κ1) is 19.3. The SMILES string of the molecule is NC(=O)C(=O)C(Cc1n[nH]c2ccccc12)NC(=O)c1nsnc1-c1ccccn1. The van der Waals surface area contributed by atoms with Gasteiger partial charge in [0.1, 0.15) is 11.7 Å². The largest absolute Gasteiger partial charge is 0.363 e. The molecule has 4 N–H and O–H groups in total. The highest BCUT2D eigenvalue weighted by Crippen LogP contribution is 2.20. The van der Waals surface area contributed by atoms with E-state index in [2.05, 4.69) is 29.2 Å². The van der Waals surface area contributed by atoms with Crippen LogP contribution in [-0.2, 0) is 16.0 Å². The average Bonchev–Trinajstić information content (AvgIpc) is 3.41. The highest BCUT2D eigenvalue weighted by molar-refractivity contribution is 6.99. The number of aromatic nitrogens is 5. The number of ketones is 1. The lowest BCUT2D eigenvalue weighted by Crippen LogP contribution is -2.47. The first-order valence-corrected chi connectivity index (χ1v) is 9.58. The Hall–Kier alpha value is -3.99. The molecule has 0 aliphatic carbocycles. The van der Waals surface area contributed by atoms with Crippen LogP contribution in [0.5, 0.6) is 0 Å². The molecule has 2 amide bonds. The Kier molecular flexibility index (Phi) is 5.26. The third kappa shape index (κ3) is 3.78. The van der Waals surface area contributed by atoms with Crippen LogP contribution in [0.15, 0.2) is 48.7 Å². The first-order valence-electron chi connectivity index (χ1n) is 8.85. The quantitative estimate of drug-likeness (QED) is 0.374. The second-order valence-corrected chi connectivity index (χ2v) is 6.88. The van der Waals surface area contributed by atoms with Crippen LogP contribution in [0.25, 0.3) is 22.3 Å². The minimum absolute atomic E-state index is 0.00727. The van der Waals surface area contributed by atoms with E-state index < -0.39 is 23.6 Å². The van der Waals surface area contributed by atoms with Crippen LogP contribution >= 0.6 is 11.7 Å². The maximum absolute atomic E-state index is 12.9. The number of nitrogens with two attached hydrogens (primary N) is 1. The van der Waals surface area contributed by atoms with Crippen molar-refractivity contribution in [2.45, 2.75) is 12.5 Å². The molecule has 3 heterocycles. The van der Waals surface area contributed by atoms with E-state index in [0.717, 1.165) is 22.6 Å². The molecule has 150 valence electrons. The van der Waals surface area contributed by atoms with E-state index in [-0.39, 0.29) is 17.8 Å². The highest BCUT2D eigenvalue weighted by Gasteiger charge is 2.29. The van der Waals surface area contributed by atoms with E-state index in [1.165, 1.54) is 0 Å². The van der Waals surface area contributed by atoms with Gasteiger partial charge in [-0.1, -0.05) is 24.3 Å². The summed E-state index contributed by atoms with van der Waals surface area (Å²) >= 11 is 0.844. The number of rotatable bonds is 7. The second-order valence-electron chi connectivity index (χ2n) is 6.35. The molecule has 30 heavy (non-hydrogen) atoms. The smallest absolute Gasteiger partial charge is 0.287 e. The van der Waals surface area contributed by atoms with Gasteiger partial charge >= 0.3 is 0 Å². The van der Waals surface area contributed by atoms with Crippen LogP contribution in [0.1, 0.15) is 16.2 Å². The number of carbonyl (C=O) groups is 3. The summed E-state index contributed by atoms with van der Waals surface area (Å²) in [6.07, 6.45) is 1.55. The number of Topliss-reactive ketones (excluding diaryl/α,β-unsaturated/α-hetero) is 1. The number of aromatic amines is 1. The summed E-state index contributed by atoms with van der Waals surface area (Å²) < 4.78 is 8.15. The number of para-hydroxylation sites is 1. The third-order valence-corrected chi connectivity index (χ3v) is 4.95. The number of H-pyrrole nitrogens is 1. The van der Waals surface area contributed by atoms with Crippen molar-refractivity contribution in [2.75, 3.05) is 0 Å². The molecule has 4 aromatic rings. The Labute approximate surface area is 173 Å². The zero-order valence-electron chi connectivity index (χ0n) is 15.4. The van der Waals surface area contributed by atoms with E-state index in [4.69, 9.17) is 5.73 Å². The van der Waals surface area contributed by atoms with Crippen molar-refractivity contribution in [1.82, 2.24) is 29.2 Å². The third-order valence-electron chi connectivity index (χ3n) is 4.42. The van der Waals surface area contributed by atoms with Gasteiger partial charge in [0.15, 0.2) is 5.69 Å². The minimum Gasteiger partial charge on any atom is -0.363 e. The fourth-order valence-electron chi connectivity index (χ4n) is 2.99. The molecule has 0 aliphatic heterocycles. The zero-order chi connectivity index (χ0) is 21.1. The van der Waals surface area contributed by atoms with E-state index >= 15 is 0 Å². The summed E-state index contributed by atoms with van der Waals surface area (Å²) in [5.41, 5.74) is 7.24. The number of nitrogens with one attached hydrogen (secondary N) is 2. The molecule has 0 fully saturated rings. The predicted molar refractivity (Wildman–Crippen MR) is 108 cm³/mol. The van der Waals surface area contributed by atoms with Gasteiger partial charge in [-0.15, -0.1) is 0 Å². The highest BCUT2D eigenvalue weighted by atomic mass is 32.1. The van der Waals surface area contributed by atoms with Gasteiger partial charge in [-0.2, -0.15) is 13.8 Å². The van der Waals surface area contributed by atoms with E-state index in [0.29, 0.717) is 11.4 Å². The summed E-state index contributed by atoms with van der Waals surface area (Å²) in [5, 5.41) is 10.4. The van der Waals surface area contributed by atoms with Crippen molar-refractivity contribution >= 4 is 40.2 Å². The molecular weight excluding hydrogens is 406 g/mol. The molecule has 0 radical (unpaired) electrons. The monoisotopic (exact) mass is 421 g/mol. The van der Waals surface area contributed by atoms with Crippen LogP contribution in [-0.4, -0.2) is 47.6 Å². The van der Waals surface area contributed by atoms with Gasteiger partial charge in [0, 0.05) is 18.0 Å². The molecule has 0 aliphatic rings. The molecule has 1 atom stereocenters. The normalized spacial score (nSPS) is 11.9. The number of carbonyl (C=O) groups excluding carboxylic acids is 3. The Morgan fingerprint density at radius 3 is 2.67 bits per heavy atom. The number of fused-ring (bicyclic) bond motifs is 1. The zero-order valence-corrected chi connectivity index (χ0v) is 16.2. The molecular formula is C19H15N7O3S. The molecule has 4 rings (SSSR count). The van der Waals surface area contributed by atoms with Crippen molar-refractivity contribution in [3.63, 3.8) is 0 Å². The predicted octanol–water partition coefficient (Wildman–Crippen LogP) is 0.872. The lowest BCUT2D eigenvalue weighted by molar-refractivity contribution is -0.137. The number of pyridine rings is 1. The standard InChI is InChI=1S/C19H15N7O3S/c20-18(28)17(27)14(9-13-10-5-1-2-6-11(10)23-24-13)22-19(29)16-15(25-30-26-16)12-7-3-4-8-21-12/h1-8,14H,9H2,(H2,20,28)(H,22,29)(H,23,24). The molecule has 11 heteroatoms. The molecule has 0 saturated carbocycles. The topological polar surface area (TPSA) is 157 Å². The van der Waals surface area contributed by atoms with Crippen LogP contribution in [0.4, 0.5) is 0 Å². The van der Waals surface area contributed by atoms with Crippen molar-refractivity contribution in [2.24, 2.45) is 5.73 Å². The molecule has 3 aromatic heterocycles. The van der Waals surface area contributed by atoms with Gasteiger partial charge in [0.25, 0.3) is 11.8 Å². The van der Waals surface area contributed by atoms with Crippen LogP contribution in [0, 0.1) is 0 Å². The number of primary amides is 1. The van der Waals surface area contributed by atoms with Crippen molar-refractivity contribution in [3.8, 4) is 11.4 Å². The maximum atomic E-state index is 12.9. The molecule has 0 spiro atoms. The summed E-state index contributed by atoms with van der Waals surface area (Å²) in [7, 11) is 0. The molecule has 1 unspecified atom stereocenters. The van der Waals surface area contributed by atoms with E-state index in [9.17, 15) is 14.4 Å². The van der Waals surface area contributed by atoms with Gasteiger partial charge in [-0.05, 0) is 18.2 Å². The fraction of sp³-hybridized carbons (Fsp3) is 0.105. The first-order chi connectivity index (χ1) is 14.5. The Morgan fingerprint density at radius 2 is 1.90 bits per heavy atom. The van der Waals surface area contributed by atoms with Gasteiger partial charge in [0.05, 0.1) is 28.6 Å². The minimum atomic E-state index is -1.21. The molecule has 0 saturated heterocycles. The number of hydrogen-bond acceptors (Lipinski definition) is 8. The van der Waals surface area contributed by atoms with Crippen molar-refractivity contribution in [1.29, 1.82) is 0 Å². The Bertz CT molecular complexity index is 1240. The number of amides is 2. The van der Waals surface area contributed by atoms with Crippen LogP contribution in [0.2, 0.25) is 0 Å². The molecule has 10 nitrogen and oxygen atoms in total. The molecule has 1 aromatic carbocycles. The van der Waals surface area contributed by atoms with Crippen molar-refractivity contribution in [3.05, 3.63) is 60.0 Å².